The highest BCUT2D eigenvalue weighted by atomic mass is 79.9. The lowest BCUT2D eigenvalue weighted by molar-refractivity contribution is 0.0951. The first kappa shape index (κ1) is 16.2. The highest BCUT2D eigenvalue weighted by Crippen LogP contribution is 2.32. The van der Waals surface area contributed by atoms with E-state index >= 15 is 0 Å². The van der Waals surface area contributed by atoms with Gasteiger partial charge in [-0.3, -0.25) is 4.79 Å². The quantitative estimate of drug-likeness (QED) is 0.783. The molecule has 0 fully saturated rings. The molecular formula is C14H18BrN3O2S. The van der Waals surface area contributed by atoms with Crippen molar-refractivity contribution in [3.63, 3.8) is 0 Å². The van der Waals surface area contributed by atoms with Gasteiger partial charge in [-0.25, -0.2) is 0 Å². The van der Waals surface area contributed by atoms with Crippen LogP contribution in [0.3, 0.4) is 0 Å². The van der Waals surface area contributed by atoms with Crippen LogP contribution in [0, 0.1) is 0 Å². The number of nitrogens with one attached hydrogen (secondary N) is 1. The number of hydrogen-bond donors (Lipinski definition) is 2. The molecule has 1 amide bonds. The Labute approximate surface area is 136 Å². The van der Waals surface area contributed by atoms with E-state index in [2.05, 4.69) is 37.0 Å². The van der Waals surface area contributed by atoms with E-state index in [-0.39, 0.29) is 11.9 Å². The van der Waals surface area contributed by atoms with Gasteiger partial charge in [-0.1, -0.05) is 5.16 Å². The number of thiophene rings is 1. The van der Waals surface area contributed by atoms with Gasteiger partial charge in [-0.15, -0.1) is 11.3 Å². The number of nitrogens with zero attached hydrogens (tertiary/aromatic N) is 1. The Balaban J connectivity index is 1.89. The molecule has 0 radical (unpaired) electrons. The predicted octanol–water partition coefficient (Wildman–Crippen LogP) is 3.14. The molecule has 2 aromatic rings. The van der Waals surface area contributed by atoms with Crippen LogP contribution < -0.4 is 11.1 Å². The van der Waals surface area contributed by atoms with E-state index in [0.717, 1.165) is 16.6 Å². The first-order valence-electron chi connectivity index (χ1n) is 6.74. The Morgan fingerprint density at radius 2 is 2.38 bits per heavy atom. The Morgan fingerprint density at radius 1 is 1.57 bits per heavy atom. The monoisotopic (exact) mass is 371 g/mol. The highest BCUT2D eigenvalue weighted by Gasteiger charge is 2.16. The number of halogens is 1. The summed E-state index contributed by atoms with van der Waals surface area (Å²) in [7, 11) is 0. The standard InChI is InChI=1S/C14H18BrN3O2S/c1-9(16)6-10(12-2-3-13(15)21-12)4-5-17-14(19)11-7-18-20-8-11/h2-3,7-10H,4-6,16H2,1H3,(H,17,19). The Morgan fingerprint density at radius 3 is 2.95 bits per heavy atom. The van der Waals surface area contributed by atoms with Crippen molar-refractivity contribution in [2.45, 2.75) is 31.7 Å². The topological polar surface area (TPSA) is 81.1 Å². The maximum atomic E-state index is 11.8. The van der Waals surface area contributed by atoms with Gasteiger partial charge in [0.15, 0.2) is 0 Å². The van der Waals surface area contributed by atoms with E-state index in [0.29, 0.717) is 18.0 Å². The fraction of sp³-hybridized carbons (Fsp3) is 0.429. The van der Waals surface area contributed by atoms with E-state index < -0.39 is 0 Å². The minimum absolute atomic E-state index is 0.129. The van der Waals surface area contributed by atoms with Crippen molar-refractivity contribution in [3.8, 4) is 0 Å². The second kappa shape index (κ2) is 7.72. The lowest BCUT2D eigenvalue weighted by atomic mass is 9.96. The first-order chi connectivity index (χ1) is 10.1. The molecule has 114 valence electrons. The third-order valence-electron chi connectivity index (χ3n) is 3.13. The fourth-order valence-electron chi connectivity index (χ4n) is 2.15. The second-order valence-electron chi connectivity index (χ2n) is 5.01. The molecular weight excluding hydrogens is 354 g/mol. The van der Waals surface area contributed by atoms with Gasteiger partial charge in [0.2, 0.25) is 0 Å². The van der Waals surface area contributed by atoms with Gasteiger partial charge in [0.05, 0.1) is 15.5 Å². The molecule has 3 N–H and O–H groups in total. The average Bonchev–Trinajstić information content (AvgIpc) is 3.07. The maximum absolute atomic E-state index is 11.8. The zero-order chi connectivity index (χ0) is 15.2. The molecule has 0 saturated heterocycles. The van der Waals surface area contributed by atoms with E-state index in [9.17, 15) is 4.79 Å². The smallest absolute Gasteiger partial charge is 0.256 e. The van der Waals surface area contributed by atoms with E-state index in [4.69, 9.17) is 5.73 Å². The van der Waals surface area contributed by atoms with E-state index in [1.165, 1.54) is 17.3 Å². The van der Waals surface area contributed by atoms with Crippen molar-refractivity contribution in [1.82, 2.24) is 10.5 Å². The number of aromatic nitrogens is 1. The molecule has 7 heteroatoms. The lowest BCUT2D eigenvalue weighted by Crippen LogP contribution is -2.26. The minimum atomic E-state index is -0.164. The van der Waals surface area contributed by atoms with Gasteiger partial charge in [0, 0.05) is 17.5 Å². The SMILES string of the molecule is CC(N)CC(CCNC(=O)c1cnoc1)c1ccc(Br)s1. The van der Waals surface area contributed by atoms with Crippen molar-refractivity contribution >= 4 is 33.2 Å². The lowest BCUT2D eigenvalue weighted by Gasteiger charge is -2.17. The molecule has 0 aliphatic carbocycles. The Hall–Kier alpha value is -1.18. The summed E-state index contributed by atoms with van der Waals surface area (Å²) >= 11 is 5.20. The van der Waals surface area contributed by atoms with Crippen LogP contribution in [0.25, 0.3) is 0 Å². The number of amides is 1. The van der Waals surface area contributed by atoms with E-state index in [1.54, 1.807) is 11.3 Å². The molecule has 2 heterocycles. The number of rotatable bonds is 7. The summed E-state index contributed by atoms with van der Waals surface area (Å²) in [6.45, 7) is 2.60. The molecule has 2 unspecified atom stereocenters. The molecule has 2 atom stereocenters. The van der Waals surface area contributed by atoms with Crippen molar-refractivity contribution in [2.75, 3.05) is 6.54 Å². The zero-order valence-corrected chi connectivity index (χ0v) is 14.1. The average molecular weight is 372 g/mol. The van der Waals surface area contributed by atoms with Crippen LogP contribution in [0.15, 0.2) is 32.9 Å². The third kappa shape index (κ3) is 4.94. The number of carbonyl (C=O) groups is 1. The normalized spacial score (nSPS) is 13.9. The van der Waals surface area contributed by atoms with Gasteiger partial charge >= 0.3 is 0 Å². The van der Waals surface area contributed by atoms with Gasteiger partial charge in [-0.05, 0) is 53.7 Å². The van der Waals surface area contributed by atoms with Crippen LogP contribution in [-0.2, 0) is 0 Å². The minimum Gasteiger partial charge on any atom is -0.364 e. The van der Waals surface area contributed by atoms with Crippen LogP contribution in [0.5, 0.6) is 0 Å². The molecule has 0 saturated carbocycles. The van der Waals surface area contributed by atoms with Crippen LogP contribution in [0.4, 0.5) is 0 Å². The molecule has 0 aliphatic rings. The third-order valence-corrected chi connectivity index (χ3v) is 4.91. The number of carbonyl (C=O) groups excluding carboxylic acids is 1. The molecule has 0 bridgehead atoms. The molecule has 2 rings (SSSR count). The fourth-order valence-corrected chi connectivity index (χ4v) is 3.72. The molecule has 0 spiro atoms. The molecule has 5 nitrogen and oxygen atoms in total. The van der Waals surface area contributed by atoms with Crippen LogP contribution in [0.2, 0.25) is 0 Å². The van der Waals surface area contributed by atoms with Gasteiger partial charge in [-0.2, -0.15) is 0 Å². The van der Waals surface area contributed by atoms with Gasteiger partial charge in [0.1, 0.15) is 6.26 Å². The van der Waals surface area contributed by atoms with Crippen LogP contribution in [0.1, 0.15) is 40.9 Å². The second-order valence-corrected chi connectivity index (χ2v) is 7.50. The molecule has 2 aromatic heterocycles. The van der Waals surface area contributed by atoms with Crippen molar-refractivity contribution < 1.29 is 9.32 Å². The summed E-state index contributed by atoms with van der Waals surface area (Å²) in [6.07, 6.45) is 4.50. The molecule has 0 aromatic carbocycles. The maximum Gasteiger partial charge on any atom is 0.256 e. The van der Waals surface area contributed by atoms with Crippen molar-refractivity contribution in [2.24, 2.45) is 5.73 Å². The summed E-state index contributed by atoms with van der Waals surface area (Å²) in [5.74, 6) is 0.187. The Bertz CT molecular complexity index is 569. The first-order valence-corrected chi connectivity index (χ1v) is 8.35. The predicted molar refractivity (Wildman–Crippen MR) is 86.5 cm³/mol. The zero-order valence-electron chi connectivity index (χ0n) is 11.7. The van der Waals surface area contributed by atoms with Crippen LogP contribution in [-0.4, -0.2) is 23.7 Å². The largest absolute Gasteiger partial charge is 0.364 e. The van der Waals surface area contributed by atoms with E-state index in [1.807, 2.05) is 13.0 Å². The van der Waals surface area contributed by atoms with Gasteiger partial charge in [0.25, 0.3) is 5.91 Å². The summed E-state index contributed by atoms with van der Waals surface area (Å²) in [6, 6.07) is 4.29. The van der Waals surface area contributed by atoms with Gasteiger partial charge < -0.3 is 15.6 Å². The van der Waals surface area contributed by atoms with Crippen molar-refractivity contribution in [1.29, 1.82) is 0 Å². The molecule has 21 heavy (non-hydrogen) atoms. The summed E-state index contributed by atoms with van der Waals surface area (Å²) in [5, 5.41) is 6.40. The molecule has 0 aliphatic heterocycles. The summed E-state index contributed by atoms with van der Waals surface area (Å²) in [4.78, 5) is 13.1. The van der Waals surface area contributed by atoms with Crippen LogP contribution >= 0.6 is 27.3 Å². The number of nitrogens with two attached hydrogens (primary N) is 1. The van der Waals surface area contributed by atoms with Crippen molar-refractivity contribution in [3.05, 3.63) is 38.8 Å². The highest BCUT2D eigenvalue weighted by molar-refractivity contribution is 9.11. The summed E-state index contributed by atoms with van der Waals surface area (Å²) < 4.78 is 5.77. The summed E-state index contributed by atoms with van der Waals surface area (Å²) in [5.41, 5.74) is 6.37. The number of hydrogen-bond acceptors (Lipinski definition) is 5. The Kier molecular flexibility index (Phi) is 5.96.